The van der Waals surface area contributed by atoms with E-state index in [-0.39, 0.29) is 24.7 Å². The number of rotatable bonds is 27. The van der Waals surface area contributed by atoms with Gasteiger partial charge in [-0.1, -0.05) is 61.4 Å². The van der Waals surface area contributed by atoms with Crippen LogP contribution >= 0.6 is 0 Å². The molecule has 0 fully saturated rings. The van der Waals surface area contributed by atoms with E-state index in [9.17, 15) is 39.0 Å². The van der Waals surface area contributed by atoms with Crippen molar-refractivity contribution in [3.63, 3.8) is 0 Å². The Hall–Kier alpha value is -6.16. The number of hydrogen-bond acceptors (Lipinski definition) is 9. The lowest BCUT2D eigenvalue weighted by Gasteiger charge is -2.22. The summed E-state index contributed by atoms with van der Waals surface area (Å²) in [7, 11) is 0. The van der Waals surface area contributed by atoms with Crippen molar-refractivity contribution in [3.8, 4) is 0 Å². The number of aromatic nitrogens is 2. The van der Waals surface area contributed by atoms with Crippen molar-refractivity contribution in [1.29, 1.82) is 0 Å². The Morgan fingerprint density at radius 1 is 0.559 bits per heavy atom. The lowest BCUT2D eigenvalue weighted by atomic mass is 10.1. The second kappa shape index (κ2) is 24.6. The minimum absolute atomic E-state index is 0.113. The number of carbonyl (C=O) groups is 6. The van der Waals surface area contributed by atoms with E-state index in [2.05, 4.69) is 33.0 Å². The summed E-state index contributed by atoms with van der Waals surface area (Å²) in [4.78, 5) is 82.5. The van der Waals surface area contributed by atoms with Gasteiger partial charge in [0.15, 0.2) is 0 Å². The molecule has 0 radical (unpaired) electrons. The Kier molecular flexibility index (Phi) is 19.0. The first-order chi connectivity index (χ1) is 28.5. The molecule has 4 amide bonds. The first kappa shape index (κ1) is 45.5. The molecule has 59 heavy (non-hydrogen) atoms. The number of pyridine rings is 2. The average molecular weight is 814 g/mol. The van der Waals surface area contributed by atoms with Crippen LogP contribution in [0.4, 0.5) is 4.79 Å². The van der Waals surface area contributed by atoms with Crippen molar-refractivity contribution in [1.82, 2.24) is 36.1 Å². The molecule has 7 N–H and O–H groups in total. The number of hydrogen-bond donors (Lipinski definition) is 7. The molecule has 0 saturated carbocycles. The number of nitrogens with zero attached hydrogens (tertiary/aromatic N) is 3. The highest BCUT2D eigenvalue weighted by Gasteiger charge is 2.21. The lowest BCUT2D eigenvalue weighted by molar-refractivity contribution is -0.142. The number of carbonyl (C=O) groups excluding carboxylic acids is 3. The van der Waals surface area contributed by atoms with Crippen molar-refractivity contribution in [3.05, 3.63) is 84.2 Å². The zero-order valence-electron chi connectivity index (χ0n) is 33.2. The molecule has 0 saturated heterocycles. The van der Waals surface area contributed by atoms with Gasteiger partial charge in [-0.25, -0.2) is 14.4 Å². The molecule has 0 aliphatic heterocycles. The summed E-state index contributed by atoms with van der Waals surface area (Å²) in [6.07, 6.45) is 5.73. The summed E-state index contributed by atoms with van der Waals surface area (Å²) in [5.41, 5.74) is 3.72. The van der Waals surface area contributed by atoms with E-state index >= 15 is 0 Å². The number of para-hydroxylation sites is 2. The molecule has 16 nitrogen and oxygen atoms in total. The van der Waals surface area contributed by atoms with Gasteiger partial charge in [0.1, 0.15) is 18.6 Å². The predicted octanol–water partition coefficient (Wildman–Crippen LogP) is 4.99. The zero-order chi connectivity index (χ0) is 42.4. The highest BCUT2D eigenvalue weighted by atomic mass is 16.4. The topological polar surface area (TPSA) is 240 Å². The van der Waals surface area contributed by atoms with E-state index in [0.717, 1.165) is 39.6 Å². The molecule has 316 valence electrons. The molecule has 2 aromatic heterocycles. The van der Waals surface area contributed by atoms with Gasteiger partial charge < -0.3 is 36.6 Å². The SMILES string of the molecule is O=C(O)CNC(=O)NC(CCCCNC(=O)CCCCCCC(=O)NC(CCCCN(Cc1ccc2ccccc2n1)Cc1ccc2ccccc2n1)C(=O)O)C(=O)O. The van der Waals surface area contributed by atoms with Crippen LogP contribution in [0.25, 0.3) is 21.8 Å². The maximum Gasteiger partial charge on any atom is 0.326 e. The molecule has 16 heteroatoms. The number of urea groups is 1. The summed E-state index contributed by atoms with van der Waals surface area (Å²) in [5, 5.41) is 39.6. The van der Waals surface area contributed by atoms with Crippen molar-refractivity contribution in [2.75, 3.05) is 19.6 Å². The van der Waals surface area contributed by atoms with E-state index in [0.29, 0.717) is 84.0 Å². The minimum Gasteiger partial charge on any atom is -0.480 e. The highest BCUT2D eigenvalue weighted by molar-refractivity contribution is 5.85. The minimum atomic E-state index is -1.25. The Morgan fingerprint density at radius 2 is 1.08 bits per heavy atom. The number of amides is 4. The van der Waals surface area contributed by atoms with Crippen molar-refractivity contribution in [2.45, 2.75) is 102 Å². The standard InChI is InChI=1S/C43H55N7O9/c51-38(44-25-11-9-17-37(42(57)58)49-43(59)45-27-40(53)54)19-3-1-2-4-20-39(52)48-36(41(55)56)18-10-12-26-50(28-32-23-21-30-13-5-7-15-34(30)46-32)29-33-24-22-31-14-6-8-16-35(31)47-33/h5-8,13-16,21-24,36-37H,1-4,9-12,17-20,25-29H2,(H,44,51)(H,48,52)(H,53,54)(H,55,56)(H,57,58)(H2,45,49,59). The van der Waals surface area contributed by atoms with E-state index in [4.69, 9.17) is 15.1 Å². The van der Waals surface area contributed by atoms with E-state index in [1.54, 1.807) is 0 Å². The van der Waals surface area contributed by atoms with Crippen LogP contribution in [0.1, 0.15) is 88.4 Å². The maximum absolute atomic E-state index is 12.7. The molecule has 4 aromatic rings. The van der Waals surface area contributed by atoms with E-state index in [1.807, 2.05) is 66.0 Å². The molecule has 0 aliphatic carbocycles. The Balaban J connectivity index is 1.11. The summed E-state index contributed by atoms with van der Waals surface area (Å²) in [5.74, 6) is -4.03. The van der Waals surface area contributed by atoms with Crippen LogP contribution in [-0.4, -0.2) is 97.7 Å². The summed E-state index contributed by atoms with van der Waals surface area (Å²) < 4.78 is 0. The third kappa shape index (κ3) is 17.1. The summed E-state index contributed by atoms with van der Waals surface area (Å²) in [6.45, 7) is 1.59. The van der Waals surface area contributed by atoms with Gasteiger partial charge in [0.25, 0.3) is 0 Å². The summed E-state index contributed by atoms with van der Waals surface area (Å²) in [6, 6.07) is 21.1. The number of carboxylic acid groups (broad SMARTS) is 3. The third-order valence-corrected chi connectivity index (χ3v) is 9.74. The van der Waals surface area contributed by atoms with Gasteiger partial charge in [-0.15, -0.1) is 0 Å². The monoisotopic (exact) mass is 813 g/mol. The normalized spacial score (nSPS) is 12.2. The first-order valence-corrected chi connectivity index (χ1v) is 20.2. The van der Waals surface area contributed by atoms with Gasteiger partial charge in [0, 0.05) is 43.2 Å². The van der Waals surface area contributed by atoms with Crippen LogP contribution in [0, 0.1) is 0 Å². The van der Waals surface area contributed by atoms with E-state index < -0.39 is 42.6 Å². The Labute approximate surface area is 343 Å². The van der Waals surface area contributed by atoms with Crippen LogP contribution in [0.5, 0.6) is 0 Å². The maximum atomic E-state index is 12.7. The fraction of sp³-hybridized carbons (Fsp3) is 0.442. The molecule has 2 atom stereocenters. The van der Waals surface area contributed by atoms with Gasteiger partial charge >= 0.3 is 23.9 Å². The number of fused-ring (bicyclic) bond motifs is 2. The van der Waals surface area contributed by atoms with Gasteiger partial charge in [-0.3, -0.25) is 29.3 Å². The number of nitrogens with one attached hydrogen (secondary N) is 4. The van der Waals surface area contributed by atoms with Crippen LogP contribution in [0.2, 0.25) is 0 Å². The lowest BCUT2D eigenvalue weighted by Crippen LogP contribution is -2.47. The molecule has 0 bridgehead atoms. The highest BCUT2D eigenvalue weighted by Crippen LogP contribution is 2.18. The van der Waals surface area contributed by atoms with Crippen LogP contribution in [-0.2, 0) is 37.1 Å². The van der Waals surface area contributed by atoms with Gasteiger partial charge in [0.05, 0.1) is 22.4 Å². The Bertz CT molecular complexity index is 1950. The molecule has 0 spiro atoms. The molecule has 2 unspecified atom stereocenters. The third-order valence-electron chi connectivity index (χ3n) is 9.74. The zero-order valence-corrected chi connectivity index (χ0v) is 33.2. The Morgan fingerprint density at radius 3 is 1.64 bits per heavy atom. The second-order valence-corrected chi connectivity index (χ2v) is 14.5. The first-order valence-electron chi connectivity index (χ1n) is 20.2. The van der Waals surface area contributed by atoms with Crippen molar-refractivity contribution < 1.29 is 44.1 Å². The van der Waals surface area contributed by atoms with Gasteiger partial charge in [0.2, 0.25) is 11.8 Å². The largest absolute Gasteiger partial charge is 0.480 e. The van der Waals surface area contributed by atoms with Crippen LogP contribution < -0.4 is 21.3 Å². The molecule has 2 heterocycles. The van der Waals surface area contributed by atoms with Gasteiger partial charge in [-0.2, -0.15) is 0 Å². The molecule has 4 rings (SSSR count). The molecule has 0 aliphatic rings. The van der Waals surface area contributed by atoms with Crippen LogP contribution in [0.3, 0.4) is 0 Å². The fourth-order valence-corrected chi connectivity index (χ4v) is 6.61. The smallest absolute Gasteiger partial charge is 0.326 e. The quantitative estimate of drug-likeness (QED) is 0.0394. The molecular weight excluding hydrogens is 759 g/mol. The predicted molar refractivity (Wildman–Crippen MR) is 221 cm³/mol. The van der Waals surface area contributed by atoms with Crippen LogP contribution in [0.15, 0.2) is 72.8 Å². The summed E-state index contributed by atoms with van der Waals surface area (Å²) >= 11 is 0. The fourth-order valence-electron chi connectivity index (χ4n) is 6.61. The second-order valence-electron chi connectivity index (χ2n) is 14.5. The molecule has 2 aromatic carbocycles. The number of unbranched alkanes of at least 4 members (excludes halogenated alkanes) is 5. The van der Waals surface area contributed by atoms with E-state index in [1.165, 1.54) is 0 Å². The molecular formula is C43H55N7O9. The number of carboxylic acids is 3. The average Bonchev–Trinajstić information content (AvgIpc) is 3.21. The van der Waals surface area contributed by atoms with Crippen molar-refractivity contribution in [2.24, 2.45) is 0 Å². The number of benzene rings is 2. The van der Waals surface area contributed by atoms with Gasteiger partial charge in [-0.05, 0) is 82.2 Å². The van der Waals surface area contributed by atoms with Crippen molar-refractivity contribution >= 4 is 57.6 Å². The number of aliphatic carboxylic acids is 3.